The van der Waals surface area contributed by atoms with E-state index in [0.29, 0.717) is 32.2 Å². The molecule has 122 valence electrons. The van der Waals surface area contributed by atoms with Crippen molar-refractivity contribution in [3.8, 4) is 0 Å². The van der Waals surface area contributed by atoms with Crippen molar-refractivity contribution in [3.63, 3.8) is 0 Å². The second-order valence-corrected chi connectivity index (χ2v) is 5.63. The summed E-state index contributed by atoms with van der Waals surface area (Å²) in [6.45, 7) is 2.65. The molecule has 0 spiro atoms. The Bertz CT molecular complexity index is 644. The van der Waals surface area contributed by atoms with Crippen LogP contribution >= 0.6 is 0 Å². The molecule has 1 unspecified atom stereocenters. The number of benzene rings is 1. The summed E-state index contributed by atoms with van der Waals surface area (Å²) < 4.78 is 5.76. The van der Waals surface area contributed by atoms with Crippen LogP contribution in [0.25, 0.3) is 0 Å². The zero-order valence-corrected chi connectivity index (χ0v) is 13.1. The molecule has 0 saturated carbocycles. The number of carbonyl (C=O) groups is 1. The lowest BCUT2D eigenvalue weighted by Crippen LogP contribution is -2.33. The molecule has 1 aliphatic heterocycles. The van der Waals surface area contributed by atoms with Gasteiger partial charge in [-0.2, -0.15) is 4.80 Å². The second-order valence-electron chi connectivity index (χ2n) is 5.63. The number of carbonyl (C=O) groups excluding carboxylic acids is 1. The van der Waals surface area contributed by atoms with Crippen LogP contribution in [-0.2, 0) is 18.4 Å². The van der Waals surface area contributed by atoms with Gasteiger partial charge in [-0.25, -0.2) is 4.79 Å². The Morgan fingerprint density at radius 3 is 2.96 bits per heavy atom. The van der Waals surface area contributed by atoms with Gasteiger partial charge in [-0.15, -0.1) is 5.10 Å². The predicted molar refractivity (Wildman–Crippen MR) is 83.6 cm³/mol. The fourth-order valence-corrected chi connectivity index (χ4v) is 2.58. The van der Waals surface area contributed by atoms with E-state index >= 15 is 0 Å². The number of aromatic nitrogens is 4. The van der Waals surface area contributed by atoms with Crippen LogP contribution < -0.4 is 5.32 Å². The van der Waals surface area contributed by atoms with Gasteiger partial charge in [-0.3, -0.25) is 5.32 Å². The SMILES string of the molecule is Cn1nnc(NC(=O)N2CCC(COCc3ccccc3)C2)n1. The number of likely N-dealkylation sites (tertiary alicyclic amines) is 1. The minimum Gasteiger partial charge on any atom is -0.376 e. The summed E-state index contributed by atoms with van der Waals surface area (Å²) in [7, 11) is 1.65. The number of rotatable bonds is 5. The first-order valence-electron chi connectivity index (χ1n) is 7.62. The Morgan fingerprint density at radius 1 is 1.39 bits per heavy atom. The molecule has 1 aromatic carbocycles. The number of nitrogens with one attached hydrogen (secondary N) is 1. The highest BCUT2D eigenvalue weighted by atomic mass is 16.5. The number of aryl methyl sites for hydroxylation is 1. The third-order valence-electron chi connectivity index (χ3n) is 3.77. The maximum atomic E-state index is 12.1. The van der Waals surface area contributed by atoms with E-state index in [-0.39, 0.29) is 12.0 Å². The highest BCUT2D eigenvalue weighted by Crippen LogP contribution is 2.18. The molecule has 0 radical (unpaired) electrons. The minimum absolute atomic E-state index is 0.191. The summed E-state index contributed by atoms with van der Waals surface area (Å²) in [4.78, 5) is 15.2. The number of amides is 2. The number of anilines is 1. The maximum Gasteiger partial charge on any atom is 0.324 e. The standard InChI is InChI=1S/C15H20N6O2/c1-20-18-14(17-19-20)16-15(22)21-8-7-13(9-21)11-23-10-12-5-3-2-4-6-12/h2-6,13H,7-11H2,1H3,(H,16,18,22). The average Bonchev–Trinajstić information content (AvgIpc) is 3.18. The van der Waals surface area contributed by atoms with Crippen molar-refractivity contribution >= 4 is 12.0 Å². The summed E-state index contributed by atoms with van der Waals surface area (Å²) >= 11 is 0. The first-order valence-corrected chi connectivity index (χ1v) is 7.62. The van der Waals surface area contributed by atoms with Crippen molar-refractivity contribution in [2.24, 2.45) is 13.0 Å². The van der Waals surface area contributed by atoms with Crippen LogP contribution in [0.3, 0.4) is 0 Å². The number of nitrogens with zero attached hydrogens (tertiary/aromatic N) is 5. The van der Waals surface area contributed by atoms with Crippen molar-refractivity contribution < 1.29 is 9.53 Å². The van der Waals surface area contributed by atoms with Crippen LogP contribution in [0.15, 0.2) is 30.3 Å². The summed E-state index contributed by atoms with van der Waals surface area (Å²) in [5.41, 5.74) is 1.16. The molecule has 2 amide bonds. The molecule has 23 heavy (non-hydrogen) atoms. The molecule has 0 bridgehead atoms. The number of hydrogen-bond acceptors (Lipinski definition) is 5. The van der Waals surface area contributed by atoms with Gasteiger partial charge in [0.05, 0.1) is 20.3 Å². The van der Waals surface area contributed by atoms with E-state index in [0.717, 1.165) is 12.0 Å². The molecule has 1 fully saturated rings. The van der Waals surface area contributed by atoms with E-state index in [2.05, 4.69) is 20.7 Å². The van der Waals surface area contributed by atoms with Gasteiger partial charge >= 0.3 is 6.03 Å². The highest BCUT2D eigenvalue weighted by Gasteiger charge is 2.27. The van der Waals surface area contributed by atoms with Crippen LogP contribution in [0.4, 0.5) is 10.7 Å². The molecular weight excluding hydrogens is 296 g/mol. The fourth-order valence-electron chi connectivity index (χ4n) is 2.58. The molecule has 1 aliphatic rings. The van der Waals surface area contributed by atoms with E-state index in [9.17, 15) is 4.79 Å². The summed E-state index contributed by atoms with van der Waals surface area (Å²) in [5, 5.41) is 14.0. The Labute approximate surface area is 134 Å². The van der Waals surface area contributed by atoms with Gasteiger partial charge < -0.3 is 9.64 Å². The van der Waals surface area contributed by atoms with Gasteiger partial charge in [0, 0.05) is 19.0 Å². The van der Waals surface area contributed by atoms with Crippen LogP contribution in [0.2, 0.25) is 0 Å². The summed E-state index contributed by atoms with van der Waals surface area (Å²) in [5.74, 6) is 0.584. The van der Waals surface area contributed by atoms with Crippen molar-refractivity contribution in [1.82, 2.24) is 25.1 Å². The molecule has 1 aromatic heterocycles. The Hall–Kier alpha value is -2.48. The van der Waals surface area contributed by atoms with Gasteiger partial charge in [0.25, 0.3) is 5.95 Å². The van der Waals surface area contributed by atoms with Gasteiger partial charge in [0.15, 0.2) is 0 Å². The molecule has 0 aliphatic carbocycles. The van der Waals surface area contributed by atoms with Crippen molar-refractivity contribution in [1.29, 1.82) is 0 Å². The van der Waals surface area contributed by atoms with Gasteiger partial charge in [-0.05, 0) is 17.2 Å². The van der Waals surface area contributed by atoms with Crippen molar-refractivity contribution in [2.75, 3.05) is 25.0 Å². The minimum atomic E-state index is -0.191. The first-order chi connectivity index (χ1) is 11.2. The van der Waals surface area contributed by atoms with Crippen LogP contribution in [-0.4, -0.2) is 50.8 Å². The monoisotopic (exact) mass is 316 g/mol. The second kappa shape index (κ2) is 7.19. The lowest BCUT2D eigenvalue weighted by Gasteiger charge is -2.16. The molecule has 3 rings (SSSR count). The Kier molecular flexibility index (Phi) is 4.82. The molecule has 2 heterocycles. The number of tetrazole rings is 1. The average molecular weight is 316 g/mol. The molecule has 1 atom stereocenters. The van der Waals surface area contributed by atoms with Gasteiger partial charge in [-0.1, -0.05) is 35.4 Å². The van der Waals surface area contributed by atoms with Crippen LogP contribution in [0.1, 0.15) is 12.0 Å². The van der Waals surface area contributed by atoms with E-state index in [1.165, 1.54) is 4.80 Å². The van der Waals surface area contributed by atoms with E-state index in [4.69, 9.17) is 4.74 Å². The van der Waals surface area contributed by atoms with Crippen molar-refractivity contribution in [3.05, 3.63) is 35.9 Å². The molecule has 1 N–H and O–H groups in total. The number of urea groups is 1. The number of hydrogen-bond donors (Lipinski definition) is 1. The van der Waals surface area contributed by atoms with E-state index in [1.54, 1.807) is 11.9 Å². The lowest BCUT2D eigenvalue weighted by molar-refractivity contribution is 0.0900. The third kappa shape index (κ3) is 4.26. The van der Waals surface area contributed by atoms with Crippen LogP contribution in [0.5, 0.6) is 0 Å². The molecule has 8 nitrogen and oxygen atoms in total. The van der Waals surface area contributed by atoms with Gasteiger partial charge in [0.1, 0.15) is 0 Å². The van der Waals surface area contributed by atoms with E-state index < -0.39 is 0 Å². The first kappa shape index (κ1) is 15.4. The largest absolute Gasteiger partial charge is 0.376 e. The molecular formula is C15H20N6O2. The Morgan fingerprint density at radius 2 is 2.22 bits per heavy atom. The Balaban J connectivity index is 1.40. The highest BCUT2D eigenvalue weighted by molar-refractivity contribution is 5.87. The fraction of sp³-hybridized carbons (Fsp3) is 0.467. The quantitative estimate of drug-likeness (QED) is 0.898. The predicted octanol–water partition coefficient (Wildman–Crippen LogP) is 1.28. The molecule has 1 saturated heterocycles. The van der Waals surface area contributed by atoms with Gasteiger partial charge in [0.2, 0.25) is 0 Å². The third-order valence-corrected chi connectivity index (χ3v) is 3.77. The van der Waals surface area contributed by atoms with Crippen LogP contribution in [0, 0.1) is 5.92 Å². The normalized spacial score (nSPS) is 17.4. The maximum absolute atomic E-state index is 12.1. The zero-order valence-electron chi connectivity index (χ0n) is 13.1. The summed E-state index contributed by atoms with van der Waals surface area (Å²) in [6, 6.07) is 9.89. The molecule has 2 aromatic rings. The zero-order chi connectivity index (χ0) is 16.1. The smallest absolute Gasteiger partial charge is 0.324 e. The molecule has 8 heteroatoms. The number of ether oxygens (including phenoxy) is 1. The van der Waals surface area contributed by atoms with E-state index in [1.807, 2.05) is 30.3 Å². The summed E-state index contributed by atoms with van der Waals surface area (Å²) in [6.07, 6.45) is 0.941. The topological polar surface area (TPSA) is 85.2 Å². The van der Waals surface area contributed by atoms with Crippen molar-refractivity contribution in [2.45, 2.75) is 13.0 Å². The lowest BCUT2D eigenvalue weighted by atomic mass is 10.1.